The average molecular weight is 304 g/mol. The van der Waals surface area contributed by atoms with Crippen molar-refractivity contribution in [1.82, 2.24) is 4.90 Å². The smallest absolute Gasteiger partial charge is 0.227 e. The normalized spacial score (nSPS) is 15.7. The van der Waals surface area contributed by atoms with Gasteiger partial charge in [0.2, 0.25) is 11.8 Å². The number of hydrogen-bond donors (Lipinski definition) is 1. The number of rotatable bonds is 4. The number of benzene rings is 1. The van der Waals surface area contributed by atoms with Gasteiger partial charge in [-0.3, -0.25) is 9.59 Å². The van der Waals surface area contributed by atoms with E-state index in [1.807, 2.05) is 43.0 Å². The zero-order chi connectivity index (χ0) is 16.1. The number of ether oxygens (including phenoxy) is 1. The van der Waals surface area contributed by atoms with E-state index in [4.69, 9.17) is 4.74 Å². The third-order valence-corrected chi connectivity index (χ3v) is 4.04. The highest BCUT2D eigenvalue weighted by Gasteiger charge is 2.28. The third kappa shape index (κ3) is 3.78. The van der Waals surface area contributed by atoms with Crippen LogP contribution in [-0.2, 0) is 9.59 Å². The van der Waals surface area contributed by atoms with Crippen molar-refractivity contribution >= 4 is 17.5 Å². The minimum absolute atomic E-state index is 0.00106. The zero-order valence-electron chi connectivity index (χ0n) is 13.5. The fourth-order valence-electron chi connectivity index (χ4n) is 2.71. The van der Waals surface area contributed by atoms with Crippen molar-refractivity contribution in [2.75, 3.05) is 25.5 Å². The number of nitrogens with one attached hydrogen (secondary N) is 1. The van der Waals surface area contributed by atoms with E-state index in [1.165, 1.54) is 0 Å². The Kier molecular flexibility index (Phi) is 5.41. The van der Waals surface area contributed by atoms with Gasteiger partial charge in [0.25, 0.3) is 0 Å². The van der Waals surface area contributed by atoms with Crippen molar-refractivity contribution in [3.05, 3.63) is 24.3 Å². The van der Waals surface area contributed by atoms with Crippen LogP contribution in [0.15, 0.2) is 24.3 Å². The molecule has 1 aliphatic rings. The van der Waals surface area contributed by atoms with Crippen molar-refractivity contribution in [2.45, 2.75) is 26.7 Å². The van der Waals surface area contributed by atoms with Crippen LogP contribution in [0.1, 0.15) is 26.7 Å². The fraction of sp³-hybridized carbons (Fsp3) is 0.529. The first kappa shape index (κ1) is 16.3. The minimum atomic E-state index is -0.0545. The molecule has 0 atom stereocenters. The molecule has 1 aromatic carbocycles. The first-order valence-corrected chi connectivity index (χ1v) is 7.75. The largest absolute Gasteiger partial charge is 0.495 e. The summed E-state index contributed by atoms with van der Waals surface area (Å²) in [6, 6.07) is 7.38. The molecule has 120 valence electrons. The molecular weight excluding hydrogens is 280 g/mol. The highest BCUT2D eigenvalue weighted by atomic mass is 16.5. The lowest BCUT2D eigenvalue weighted by Gasteiger charge is -2.32. The SMILES string of the molecule is COc1ccccc1NC(=O)C1CCN(C(=O)C(C)C)CC1. The van der Waals surface area contributed by atoms with Crippen molar-refractivity contribution in [3.63, 3.8) is 0 Å². The molecule has 1 N–H and O–H groups in total. The van der Waals surface area contributed by atoms with E-state index in [2.05, 4.69) is 5.32 Å². The van der Waals surface area contributed by atoms with Crippen LogP contribution in [0, 0.1) is 11.8 Å². The van der Waals surface area contributed by atoms with Gasteiger partial charge < -0.3 is 15.0 Å². The summed E-state index contributed by atoms with van der Waals surface area (Å²) < 4.78 is 5.24. The van der Waals surface area contributed by atoms with E-state index in [-0.39, 0.29) is 23.7 Å². The lowest BCUT2D eigenvalue weighted by atomic mass is 9.95. The number of methoxy groups -OCH3 is 1. The monoisotopic (exact) mass is 304 g/mol. The minimum Gasteiger partial charge on any atom is -0.495 e. The zero-order valence-corrected chi connectivity index (χ0v) is 13.5. The number of carbonyl (C=O) groups is 2. The van der Waals surface area contributed by atoms with Crippen molar-refractivity contribution < 1.29 is 14.3 Å². The summed E-state index contributed by atoms with van der Waals surface area (Å²) in [5.74, 6) is 0.785. The molecule has 1 heterocycles. The number of carbonyl (C=O) groups excluding carboxylic acids is 2. The van der Waals surface area contributed by atoms with Gasteiger partial charge in [0.05, 0.1) is 12.8 Å². The van der Waals surface area contributed by atoms with E-state index in [0.717, 1.165) is 0 Å². The van der Waals surface area contributed by atoms with Gasteiger partial charge in [-0.2, -0.15) is 0 Å². The summed E-state index contributed by atoms with van der Waals surface area (Å²) >= 11 is 0. The van der Waals surface area contributed by atoms with Crippen molar-refractivity contribution in [1.29, 1.82) is 0 Å². The van der Waals surface area contributed by atoms with Gasteiger partial charge in [0.15, 0.2) is 0 Å². The second-order valence-electron chi connectivity index (χ2n) is 5.94. The molecule has 5 nitrogen and oxygen atoms in total. The maximum Gasteiger partial charge on any atom is 0.227 e. The van der Waals surface area contributed by atoms with Gasteiger partial charge in [-0.25, -0.2) is 0 Å². The Bertz CT molecular complexity index is 534. The molecule has 0 spiro atoms. The Morgan fingerprint density at radius 2 is 1.86 bits per heavy atom. The second-order valence-corrected chi connectivity index (χ2v) is 5.94. The number of nitrogens with zero attached hydrogens (tertiary/aromatic N) is 1. The summed E-state index contributed by atoms with van der Waals surface area (Å²) in [4.78, 5) is 26.2. The molecular formula is C17H24N2O3. The molecule has 1 saturated heterocycles. The van der Waals surface area contributed by atoms with E-state index >= 15 is 0 Å². The Balaban J connectivity index is 1.91. The molecule has 22 heavy (non-hydrogen) atoms. The summed E-state index contributed by atoms with van der Waals surface area (Å²) in [7, 11) is 1.58. The molecule has 0 aliphatic carbocycles. The summed E-state index contributed by atoms with van der Waals surface area (Å²) in [6.07, 6.45) is 1.42. The quantitative estimate of drug-likeness (QED) is 0.930. The van der Waals surface area contributed by atoms with E-state index < -0.39 is 0 Å². The topological polar surface area (TPSA) is 58.6 Å². The van der Waals surface area contributed by atoms with Gasteiger partial charge in [0.1, 0.15) is 5.75 Å². The molecule has 0 radical (unpaired) electrons. The van der Waals surface area contributed by atoms with Crippen LogP contribution < -0.4 is 10.1 Å². The summed E-state index contributed by atoms with van der Waals surface area (Å²) in [6.45, 7) is 5.12. The van der Waals surface area contributed by atoms with Gasteiger partial charge in [-0.15, -0.1) is 0 Å². The molecule has 2 amide bonds. The molecule has 1 aliphatic heterocycles. The number of amides is 2. The van der Waals surface area contributed by atoms with Gasteiger partial charge in [0, 0.05) is 24.9 Å². The van der Waals surface area contributed by atoms with Crippen LogP contribution in [0.4, 0.5) is 5.69 Å². The predicted molar refractivity (Wildman–Crippen MR) is 85.8 cm³/mol. The van der Waals surface area contributed by atoms with Crippen molar-refractivity contribution in [3.8, 4) is 5.75 Å². The fourth-order valence-corrected chi connectivity index (χ4v) is 2.71. The number of piperidine rings is 1. The Labute approximate surface area is 131 Å². The average Bonchev–Trinajstić information content (AvgIpc) is 2.54. The van der Waals surface area contributed by atoms with Gasteiger partial charge in [-0.1, -0.05) is 26.0 Å². The van der Waals surface area contributed by atoms with Crippen LogP contribution in [0.5, 0.6) is 5.75 Å². The standard InChI is InChI=1S/C17H24N2O3/c1-12(2)17(21)19-10-8-13(9-11-19)16(20)18-14-6-4-5-7-15(14)22-3/h4-7,12-13H,8-11H2,1-3H3,(H,18,20). The maximum absolute atomic E-state index is 12.4. The van der Waals surface area contributed by atoms with E-state index in [0.29, 0.717) is 37.4 Å². The van der Waals surface area contributed by atoms with Crippen LogP contribution >= 0.6 is 0 Å². The third-order valence-electron chi connectivity index (χ3n) is 4.04. The Morgan fingerprint density at radius 1 is 1.23 bits per heavy atom. The summed E-state index contributed by atoms with van der Waals surface area (Å²) in [5, 5.41) is 2.93. The Morgan fingerprint density at radius 3 is 2.45 bits per heavy atom. The lowest BCUT2D eigenvalue weighted by Crippen LogP contribution is -2.43. The Hall–Kier alpha value is -2.04. The first-order valence-electron chi connectivity index (χ1n) is 7.75. The van der Waals surface area contributed by atoms with Gasteiger partial charge in [-0.05, 0) is 25.0 Å². The molecule has 0 unspecified atom stereocenters. The molecule has 0 saturated carbocycles. The van der Waals surface area contributed by atoms with Crippen LogP contribution in [0.3, 0.4) is 0 Å². The van der Waals surface area contributed by atoms with Crippen molar-refractivity contribution in [2.24, 2.45) is 11.8 Å². The molecule has 1 aromatic rings. The first-order chi connectivity index (χ1) is 10.5. The summed E-state index contributed by atoms with van der Waals surface area (Å²) in [5.41, 5.74) is 0.690. The number of hydrogen-bond acceptors (Lipinski definition) is 3. The highest BCUT2D eigenvalue weighted by molar-refractivity contribution is 5.94. The number of anilines is 1. The van der Waals surface area contributed by atoms with E-state index in [1.54, 1.807) is 7.11 Å². The molecule has 1 fully saturated rings. The predicted octanol–water partition coefficient (Wildman–Crippen LogP) is 2.53. The lowest BCUT2D eigenvalue weighted by molar-refractivity contribution is -0.137. The highest BCUT2D eigenvalue weighted by Crippen LogP contribution is 2.26. The van der Waals surface area contributed by atoms with Gasteiger partial charge >= 0.3 is 0 Å². The molecule has 5 heteroatoms. The number of para-hydroxylation sites is 2. The molecule has 0 bridgehead atoms. The molecule has 0 aromatic heterocycles. The molecule has 2 rings (SSSR count). The number of likely N-dealkylation sites (tertiary alicyclic amines) is 1. The van der Waals surface area contributed by atoms with Crippen LogP contribution in [-0.4, -0.2) is 36.9 Å². The van der Waals surface area contributed by atoms with E-state index in [9.17, 15) is 9.59 Å². The van der Waals surface area contributed by atoms with Crippen LogP contribution in [0.2, 0.25) is 0 Å². The van der Waals surface area contributed by atoms with Crippen LogP contribution in [0.25, 0.3) is 0 Å². The second kappa shape index (κ2) is 7.29. The maximum atomic E-state index is 12.4.